The Morgan fingerprint density at radius 2 is 1.92 bits per heavy atom. The number of benzene rings is 1. The first kappa shape index (κ1) is 7.17. The van der Waals surface area contributed by atoms with Crippen LogP contribution in [0.1, 0.15) is 6.42 Å². The van der Waals surface area contributed by atoms with E-state index in [0.29, 0.717) is 0 Å². The van der Waals surface area contributed by atoms with Crippen molar-refractivity contribution in [3.05, 3.63) is 54.3 Å². The number of allylic oxidation sites excluding steroid dienone is 3. The van der Waals surface area contributed by atoms with Crippen molar-refractivity contribution in [2.75, 3.05) is 5.32 Å². The highest BCUT2D eigenvalue weighted by Gasteiger charge is 1.97. The Kier molecular flexibility index (Phi) is 1.95. The van der Waals surface area contributed by atoms with Crippen LogP contribution in [0.25, 0.3) is 0 Å². The second-order valence-corrected chi connectivity index (χ2v) is 2.82. The second-order valence-electron chi connectivity index (χ2n) is 2.82. The maximum atomic E-state index is 3.34. The highest BCUT2D eigenvalue weighted by molar-refractivity contribution is 5.49. The highest BCUT2D eigenvalue weighted by atomic mass is 14.9. The van der Waals surface area contributed by atoms with Gasteiger partial charge < -0.3 is 5.32 Å². The Morgan fingerprint density at radius 3 is 2.58 bits per heavy atom. The third-order valence-corrected chi connectivity index (χ3v) is 1.85. The van der Waals surface area contributed by atoms with Crippen LogP contribution in [0, 0.1) is 0 Å². The Balaban J connectivity index is 2.05. The van der Waals surface area contributed by atoms with E-state index in [4.69, 9.17) is 0 Å². The lowest BCUT2D eigenvalue weighted by Gasteiger charge is -2.05. The molecule has 1 aromatic rings. The molecule has 60 valence electrons. The van der Waals surface area contributed by atoms with Crippen LogP contribution in [-0.2, 0) is 0 Å². The highest BCUT2D eigenvalue weighted by Crippen LogP contribution is 2.14. The van der Waals surface area contributed by atoms with Crippen molar-refractivity contribution in [2.45, 2.75) is 6.42 Å². The van der Waals surface area contributed by atoms with E-state index in [9.17, 15) is 0 Å². The van der Waals surface area contributed by atoms with Crippen molar-refractivity contribution in [3.63, 3.8) is 0 Å². The number of hydrogen-bond acceptors (Lipinski definition) is 1. The molecule has 1 N–H and O–H groups in total. The normalized spacial score (nSPS) is 14.5. The number of hydrogen-bond donors (Lipinski definition) is 1. The molecule has 0 radical (unpaired) electrons. The summed E-state index contributed by atoms with van der Waals surface area (Å²) < 4.78 is 0. The zero-order valence-electron chi connectivity index (χ0n) is 6.83. The fourth-order valence-corrected chi connectivity index (χ4v) is 1.25. The van der Waals surface area contributed by atoms with Gasteiger partial charge in [-0.3, -0.25) is 0 Å². The summed E-state index contributed by atoms with van der Waals surface area (Å²) in [6.07, 6.45) is 7.35. The largest absolute Gasteiger partial charge is 0.359 e. The van der Waals surface area contributed by atoms with Crippen LogP contribution in [0.5, 0.6) is 0 Å². The van der Waals surface area contributed by atoms with Crippen molar-refractivity contribution >= 4 is 5.69 Å². The van der Waals surface area contributed by atoms with E-state index in [1.165, 1.54) is 5.70 Å². The molecule has 0 amide bonds. The van der Waals surface area contributed by atoms with Crippen LogP contribution in [0.3, 0.4) is 0 Å². The summed E-state index contributed by atoms with van der Waals surface area (Å²) in [5.74, 6) is 0. The predicted octanol–water partition coefficient (Wildman–Crippen LogP) is 2.94. The molecule has 2 rings (SSSR count). The van der Waals surface area contributed by atoms with Gasteiger partial charge >= 0.3 is 0 Å². The smallest absolute Gasteiger partial charge is 0.0381 e. The van der Waals surface area contributed by atoms with E-state index in [1.807, 2.05) is 18.2 Å². The SMILES string of the molecule is C1=CCC(Nc2ccccc2)=C1. The molecule has 12 heavy (non-hydrogen) atoms. The lowest BCUT2D eigenvalue weighted by atomic mass is 10.3. The first-order valence-corrected chi connectivity index (χ1v) is 4.13. The Hall–Kier alpha value is -1.50. The maximum Gasteiger partial charge on any atom is 0.0381 e. The zero-order valence-corrected chi connectivity index (χ0v) is 6.83. The Labute approximate surface area is 72.4 Å². The number of rotatable bonds is 2. The van der Waals surface area contributed by atoms with Crippen molar-refractivity contribution in [3.8, 4) is 0 Å². The summed E-state index contributed by atoms with van der Waals surface area (Å²) in [6, 6.07) is 10.2. The van der Waals surface area contributed by atoms with Crippen molar-refractivity contribution in [1.29, 1.82) is 0 Å². The van der Waals surface area contributed by atoms with E-state index >= 15 is 0 Å². The van der Waals surface area contributed by atoms with Gasteiger partial charge in [0.1, 0.15) is 0 Å². The molecular weight excluding hydrogens is 146 g/mol. The van der Waals surface area contributed by atoms with Crippen molar-refractivity contribution < 1.29 is 0 Å². The van der Waals surface area contributed by atoms with E-state index in [2.05, 4.69) is 35.7 Å². The minimum atomic E-state index is 1.02. The minimum Gasteiger partial charge on any atom is -0.359 e. The standard InChI is InChI=1S/C11H11N/c1-2-6-10(7-3-1)12-11-8-4-5-9-11/h1-8,12H,9H2. The quantitative estimate of drug-likeness (QED) is 0.696. The average Bonchev–Trinajstić information content (AvgIpc) is 2.59. The molecule has 1 aliphatic rings. The van der Waals surface area contributed by atoms with Gasteiger partial charge in [-0.25, -0.2) is 0 Å². The van der Waals surface area contributed by atoms with Gasteiger partial charge in [-0.05, 0) is 18.2 Å². The molecule has 0 heterocycles. The van der Waals surface area contributed by atoms with Crippen molar-refractivity contribution in [2.24, 2.45) is 0 Å². The zero-order chi connectivity index (χ0) is 8.23. The Morgan fingerprint density at radius 1 is 1.08 bits per heavy atom. The molecule has 1 aromatic carbocycles. The van der Waals surface area contributed by atoms with Gasteiger partial charge in [0.2, 0.25) is 0 Å². The number of nitrogens with one attached hydrogen (secondary N) is 1. The summed E-state index contributed by atoms with van der Waals surface area (Å²) in [4.78, 5) is 0. The van der Waals surface area contributed by atoms with Gasteiger partial charge in [0.05, 0.1) is 0 Å². The summed E-state index contributed by atoms with van der Waals surface area (Å²) >= 11 is 0. The van der Waals surface area contributed by atoms with Crippen molar-refractivity contribution in [1.82, 2.24) is 0 Å². The average molecular weight is 157 g/mol. The number of para-hydroxylation sites is 1. The van der Waals surface area contributed by atoms with E-state index in [1.54, 1.807) is 0 Å². The molecule has 0 aliphatic heterocycles. The molecule has 0 aromatic heterocycles. The monoisotopic (exact) mass is 157 g/mol. The lowest BCUT2D eigenvalue weighted by Crippen LogP contribution is -1.95. The van der Waals surface area contributed by atoms with Gasteiger partial charge in [0.25, 0.3) is 0 Å². The molecule has 1 aliphatic carbocycles. The topological polar surface area (TPSA) is 12.0 Å². The van der Waals surface area contributed by atoms with Gasteiger partial charge in [0, 0.05) is 17.8 Å². The maximum absolute atomic E-state index is 3.34. The summed E-state index contributed by atoms with van der Waals surface area (Å²) in [5, 5.41) is 3.34. The summed E-state index contributed by atoms with van der Waals surface area (Å²) in [5.41, 5.74) is 2.42. The van der Waals surface area contributed by atoms with Crippen LogP contribution < -0.4 is 5.32 Å². The minimum absolute atomic E-state index is 1.02. The molecule has 0 unspecified atom stereocenters. The van der Waals surface area contributed by atoms with Gasteiger partial charge in [-0.1, -0.05) is 30.4 Å². The first-order valence-electron chi connectivity index (χ1n) is 4.13. The van der Waals surface area contributed by atoms with Gasteiger partial charge in [0.15, 0.2) is 0 Å². The molecule has 1 nitrogen and oxygen atoms in total. The van der Waals surface area contributed by atoms with E-state index in [0.717, 1.165) is 12.1 Å². The van der Waals surface area contributed by atoms with Crippen LogP contribution in [0.2, 0.25) is 0 Å². The molecule has 1 heteroatoms. The fourth-order valence-electron chi connectivity index (χ4n) is 1.25. The Bertz CT molecular complexity index is 309. The molecule has 0 atom stereocenters. The summed E-state index contributed by atoms with van der Waals surface area (Å²) in [6.45, 7) is 0. The first-order chi connectivity index (χ1) is 5.95. The van der Waals surface area contributed by atoms with E-state index in [-0.39, 0.29) is 0 Å². The van der Waals surface area contributed by atoms with Gasteiger partial charge in [-0.2, -0.15) is 0 Å². The fraction of sp³-hybridized carbons (Fsp3) is 0.0909. The number of anilines is 1. The molecular formula is C11H11N. The van der Waals surface area contributed by atoms with Crippen LogP contribution in [-0.4, -0.2) is 0 Å². The molecule has 0 bridgehead atoms. The summed E-state index contributed by atoms with van der Waals surface area (Å²) in [7, 11) is 0. The molecule has 0 fully saturated rings. The lowest BCUT2D eigenvalue weighted by molar-refractivity contribution is 1.25. The molecule has 0 saturated carbocycles. The third-order valence-electron chi connectivity index (χ3n) is 1.85. The third kappa shape index (κ3) is 1.56. The van der Waals surface area contributed by atoms with Crippen LogP contribution in [0.15, 0.2) is 54.3 Å². The van der Waals surface area contributed by atoms with Crippen LogP contribution >= 0.6 is 0 Å². The predicted molar refractivity (Wildman–Crippen MR) is 51.9 cm³/mol. The van der Waals surface area contributed by atoms with Gasteiger partial charge in [-0.15, -0.1) is 0 Å². The molecule has 0 spiro atoms. The van der Waals surface area contributed by atoms with E-state index < -0.39 is 0 Å². The molecule has 0 saturated heterocycles. The second kappa shape index (κ2) is 3.26. The van der Waals surface area contributed by atoms with Crippen LogP contribution in [0.4, 0.5) is 5.69 Å².